The molecule has 5 nitrogen and oxygen atoms in total. The van der Waals surface area contributed by atoms with E-state index in [4.69, 9.17) is 10.7 Å². The molecule has 3 N–H and O–H groups in total. The fraction of sp³-hybridized carbons (Fsp3) is 0.579. The summed E-state index contributed by atoms with van der Waals surface area (Å²) in [5.41, 5.74) is 8.12. The molecule has 5 heteroatoms. The lowest BCUT2D eigenvalue weighted by Crippen LogP contribution is -2.53. The number of nitrogens with two attached hydrogens (primary N) is 1. The smallest absolute Gasteiger partial charge is 0.224 e. The lowest BCUT2D eigenvalue weighted by Gasteiger charge is -2.37. The molecule has 1 saturated carbocycles. The third-order valence-corrected chi connectivity index (χ3v) is 5.27. The fourth-order valence-corrected chi connectivity index (χ4v) is 3.88. The maximum atomic E-state index is 12.5. The van der Waals surface area contributed by atoms with E-state index in [-0.39, 0.29) is 17.4 Å². The number of fused-ring (bicyclic) bond motifs is 1. The van der Waals surface area contributed by atoms with E-state index in [9.17, 15) is 4.79 Å². The van der Waals surface area contributed by atoms with Crippen molar-refractivity contribution in [2.24, 2.45) is 11.7 Å². The summed E-state index contributed by atoms with van der Waals surface area (Å²) < 4.78 is 2.22. The molecular formula is C19H28N4O. The van der Waals surface area contributed by atoms with Gasteiger partial charge in [0.05, 0.1) is 17.0 Å². The normalized spacial score (nSPS) is 24.2. The maximum Gasteiger partial charge on any atom is 0.224 e. The van der Waals surface area contributed by atoms with Gasteiger partial charge in [0.15, 0.2) is 0 Å². The van der Waals surface area contributed by atoms with Crippen molar-refractivity contribution in [2.45, 2.75) is 58.0 Å². The van der Waals surface area contributed by atoms with Crippen molar-refractivity contribution in [1.82, 2.24) is 14.9 Å². The first kappa shape index (κ1) is 17.0. The zero-order chi connectivity index (χ0) is 17.2. The van der Waals surface area contributed by atoms with Crippen LogP contribution in [0.15, 0.2) is 24.3 Å². The van der Waals surface area contributed by atoms with Gasteiger partial charge in [0.25, 0.3) is 0 Å². The number of benzene rings is 1. The Morgan fingerprint density at radius 1 is 1.42 bits per heavy atom. The highest BCUT2D eigenvalue weighted by atomic mass is 16.1. The van der Waals surface area contributed by atoms with Crippen molar-refractivity contribution in [3.8, 4) is 0 Å². The molecule has 1 heterocycles. The van der Waals surface area contributed by atoms with Gasteiger partial charge in [0.2, 0.25) is 5.91 Å². The van der Waals surface area contributed by atoms with E-state index in [0.29, 0.717) is 6.54 Å². The molecule has 1 amide bonds. The number of para-hydroxylation sites is 2. The number of hydrogen-bond donors (Lipinski definition) is 2. The highest BCUT2D eigenvalue weighted by Crippen LogP contribution is 2.31. The number of hydrogen-bond acceptors (Lipinski definition) is 3. The summed E-state index contributed by atoms with van der Waals surface area (Å²) in [5.74, 6) is 1.05. The number of amides is 1. The van der Waals surface area contributed by atoms with Gasteiger partial charge in [-0.1, -0.05) is 25.0 Å². The van der Waals surface area contributed by atoms with Crippen LogP contribution in [-0.4, -0.2) is 27.5 Å². The van der Waals surface area contributed by atoms with E-state index in [0.717, 1.165) is 55.5 Å². The molecule has 0 aliphatic heterocycles. The number of aromatic nitrogens is 2. The molecule has 1 aliphatic rings. The van der Waals surface area contributed by atoms with E-state index in [1.807, 2.05) is 25.1 Å². The number of nitrogens with one attached hydrogen (secondary N) is 1. The zero-order valence-corrected chi connectivity index (χ0v) is 14.7. The third kappa shape index (κ3) is 3.31. The van der Waals surface area contributed by atoms with Gasteiger partial charge >= 0.3 is 0 Å². The van der Waals surface area contributed by atoms with Crippen LogP contribution in [0.3, 0.4) is 0 Å². The Bertz CT molecular complexity index is 719. The van der Waals surface area contributed by atoms with Crippen molar-refractivity contribution >= 4 is 16.9 Å². The Morgan fingerprint density at radius 3 is 2.96 bits per heavy atom. The summed E-state index contributed by atoms with van der Waals surface area (Å²) in [6.45, 7) is 5.62. The van der Waals surface area contributed by atoms with Gasteiger partial charge in [-0.2, -0.15) is 0 Å². The Hall–Kier alpha value is -1.88. The summed E-state index contributed by atoms with van der Waals surface area (Å²) in [7, 11) is 0. The van der Waals surface area contributed by atoms with E-state index >= 15 is 0 Å². The molecular weight excluding hydrogens is 300 g/mol. The minimum atomic E-state index is -0.376. The summed E-state index contributed by atoms with van der Waals surface area (Å²) in [4.78, 5) is 17.2. The predicted molar refractivity (Wildman–Crippen MR) is 96.7 cm³/mol. The molecule has 0 spiro atoms. The molecule has 2 unspecified atom stereocenters. The number of imidazole rings is 1. The van der Waals surface area contributed by atoms with Gasteiger partial charge in [-0.15, -0.1) is 0 Å². The first-order valence-corrected chi connectivity index (χ1v) is 9.03. The lowest BCUT2D eigenvalue weighted by atomic mass is 9.74. The van der Waals surface area contributed by atoms with Gasteiger partial charge < -0.3 is 15.6 Å². The number of aryl methyl sites for hydroxylation is 1. The molecule has 0 bridgehead atoms. The monoisotopic (exact) mass is 328 g/mol. The Labute approximate surface area is 143 Å². The summed E-state index contributed by atoms with van der Waals surface area (Å²) >= 11 is 0. The average molecular weight is 328 g/mol. The predicted octanol–water partition coefficient (Wildman–Crippen LogP) is 2.62. The topological polar surface area (TPSA) is 72.9 Å². The van der Waals surface area contributed by atoms with Gasteiger partial charge in [-0.05, 0) is 38.8 Å². The molecule has 1 fully saturated rings. The van der Waals surface area contributed by atoms with E-state index < -0.39 is 0 Å². The minimum Gasteiger partial charge on any atom is -0.355 e. The lowest BCUT2D eigenvalue weighted by molar-refractivity contribution is -0.128. The van der Waals surface area contributed by atoms with Crippen LogP contribution in [0, 0.1) is 5.92 Å². The van der Waals surface area contributed by atoms with Crippen LogP contribution in [0.5, 0.6) is 0 Å². The molecule has 130 valence electrons. The first-order valence-electron chi connectivity index (χ1n) is 9.03. The molecule has 2 atom stereocenters. The molecule has 2 aromatic rings. The van der Waals surface area contributed by atoms with Crippen LogP contribution in [0.2, 0.25) is 0 Å². The zero-order valence-electron chi connectivity index (χ0n) is 14.7. The summed E-state index contributed by atoms with van der Waals surface area (Å²) in [5, 5.41) is 3.08. The fourth-order valence-electron chi connectivity index (χ4n) is 3.88. The molecule has 0 radical (unpaired) electrons. The van der Waals surface area contributed by atoms with E-state index in [2.05, 4.69) is 22.9 Å². The SMILES string of the molecule is CCn1c(CCNC(=O)C2CCCCC2(C)N)nc2ccccc21. The van der Waals surface area contributed by atoms with Crippen LogP contribution >= 0.6 is 0 Å². The van der Waals surface area contributed by atoms with Crippen molar-refractivity contribution < 1.29 is 4.79 Å². The highest BCUT2D eigenvalue weighted by molar-refractivity contribution is 5.80. The molecule has 1 aliphatic carbocycles. The van der Waals surface area contributed by atoms with Crippen LogP contribution in [0.25, 0.3) is 11.0 Å². The third-order valence-electron chi connectivity index (χ3n) is 5.27. The molecule has 1 aromatic heterocycles. The van der Waals surface area contributed by atoms with Crippen LogP contribution < -0.4 is 11.1 Å². The Balaban J connectivity index is 1.63. The van der Waals surface area contributed by atoms with Crippen LogP contribution in [-0.2, 0) is 17.8 Å². The number of rotatable bonds is 5. The average Bonchev–Trinajstić information content (AvgIpc) is 2.91. The molecule has 3 rings (SSSR count). The van der Waals surface area contributed by atoms with Crippen LogP contribution in [0.4, 0.5) is 0 Å². The largest absolute Gasteiger partial charge is 0.355 e. The second-order valence-corrected chi connectivity index (χ2v) is 7.11. The molecule has 0 saturated heterocycles. The van der Waals surface area contributed by atoms with E-state index in [1.54, 1.807) is 0 Å². The first-order chi connectivity index (χ1) is 11.5. The van der Waals surface area contributed by atoms with Crippen molar-refractivity contribution in [3.05, 3.63) is 30.1 Å². The van der Waals surface area contributed by atoms with Gasteiger partial charge in [-0.25, -0.2) is 4.98 Å². The van der Waals surface area contributed by atoms with Crippen molar-refractivity contribution in [3.63, 3.8) is 0 Å². The van der Waals surface area contributed by atoms with Gasteiger partial charge in [-0.3, -0.25) is 4.79 Å². The Kier molecular flexibility index (Phi) is 4.90. The highest BCUT2D eigenvalue weighted by Gasteiger charge is 2.37. The Morgan fingerprint density at radius 2 is 2.21 bits per heavy atom. The molecule has 1 aromatic carbocycles. The quantitative estimate of drug-likeness (QED) is 0.886. The second kappa shape index (κ2) is 6.93. The standard InChI is InChI=1S/C19H28N4O/c1-3-23-16-10-5-4-9-15(16)22-17(23)11-13-21-18(24)14-8-6-7-12-19(14,2)20/h4-5,9-10,14H,3,6-8,11-13,20H2,1-2H3,(H,21,24). The van der Waals surface area contributed by atoms with Gasteiger partial charge in [0, 0.05) is 25.0 Å². The number of carbonyl (C=O) groups excluding carboxylic acids is 1. The minimum absolute atomic E-state index is 0.0729. The number of nitrogens with zero attached hydrogens (tertiary/aromatic N) is 2. The summed E-state index contributed by atoms with van der Waals surface area (Å²) in [6.07, 6.45) is 4.78. The van der Waals surface area contributed by atoms with E-state index in [1.165, 1.54) is 0 Å². The van der Waals surface area contributed by atoms with Gasteiger partial charge in [0.1, 0.15) is 5.82 Å². The molecule has 24 heavy (non-hydrogen) atoms. The second-order valence-electron chi connectivity index (χ2n) is 7.11. The number of carbonyl (C=O) groups is 1. The van der Waals surface area contributed by atoms with Crippen molar-refractivity contribution in [1.29, 1.82) is 0 Å². The maximum absolute atomic E-state index is 12.5. The van der Waals surface area contributed by atoms with Crippen LogP contribution in [0.1, 0.15) is 45.4 Å². The van der Waals surface area contributed by atoms with Crippen molar-refractivity contribution in [2.75, 3.05) is 6.54 Å². The summed E-state index contributed by atoms with van der Waals surface area (Å²) in [6, 6.07) is 8.17.